The summed E-state index contributed by atoms with van der Waals surface area (Å²) in [6.07, 6.45) is 10.6. The standard InChI is InChI=1S/C11H18O2/c1-2-3-8-13-11-6-4-10(9-12)5-7-11/h1,10-12H,3-9H2. The van der Waals surface area contributed by atoms with Crippen LogP contribution >= 0.6 is 0 Å². The highest BCUT2D eigenvalue weighted by molar-refractivity contribution is 4.83. The number of hydrogen-bond donors (Lipinski definition) is 1. The van der Waals surface area contributed by atoms with E-state index in [1.165, 1.54) is 0 Å². The molecular formula is C11H18O2. The first kappa shape index (κ1) is 10.6. The molecule has 1 rings (SSSR count). The maximum absolute atomic E-state index is 8.92. The molecule has 1 N–H and O–H groups in total. The van der Waals surface area contributed by atoms with Gasteiger partial charge in [-0.1, -0.05) is 0 Å². The minimum Gasteiger partial charge on any atom is -0.396 e. The highest BCUT2D eigenvalue weighted by Gasteiger charge is 2.20. The number of aliphatic hydroxyl groups is 1. The molecule has 0 heterocycles. The van der Waals surface area contributed by atoms with Gasteiger partial charge >= 0.3 is 0 Å². The van der Waals surface area contributed by atoms with Crippen LogP contribution in [0.25, 0.3) is 0 Å². The highest BCUT2D eigenvalue weighted by atomic mass is 16.5. The number of rotatable bonds is 4. The summed E-state index contributed by atoms with van der Waals surface area (Å²) in [5.74, 6) is 3.07. The molecule has 0 aliphatic heterocycles. The van der Waals surface area contributed by atoms with Gasteiger partial charge in [-0.05, 0) is 31.6 Å². The zero-order valence-corrected chi connectivity index (χ0v) is 8.04. The molecule has 0 unspecified atom stereocenters. The van der Waals surface area contributed by atoms with E-state index >= 15 is 0 Å². The van der Waals surface area contributed by atoms with Crippen LogP contribution < -0.4 is 0 Å². The Balaban J connectivity index is 2.07. The second-order valence-corrected chi connectivity index (χ2v) is 3.65. The molecule has 0 radical (unpaired) electrons. The average molecular weight is 182 g/mol. The summed E-state index contributed by atoms with van der Waals surface area (Å²) in [6, 6.07) is 0. The number of ether oxygens (including phenoxy) is 1. The van der Waals surface area contributed by atoms with Gasteiger partial charge in [0.05, 0.1) is 12.7 Å². The Bertz CT molecular complexity index is 163. The van der Waals surface area contributed by atoms with E-state index in [-0.39, 0.29) is 0 Å². The van der Waals surface area contributed by atoms with Crippen molar-refractivity contribution in [3.05, 3.63) is 0 Å². The van der Waals surface area contributed by atoms with Gasteiger partial charge in [0.15, 0.2) is 0 Å². The maximum atomic E-state index is 8.92. The van der Waals surface area contributed by atoms with Crippen LogP contribution in [0.1, 0.15) is 32.1 Å². The first-order valence-electron chi connectivity index (χ1n) is 5.02. The topological polar surface area (TPSA) is 29.5 Å². The second-order valence-electron chi connectivity index (χ2n) is 3.65. The molecule has 1 aliphatic carbocycles. The summed E-state index contributed by atoms with van der Waals surface area (Å²) in [6.45, 7) is 1.02. The van der Waals surface area contributed by atoms with E-state index in [4.69, 9.17) is 16.3 Å². The normalized spacial score (nSPS) is 28.3. The van der Waals surface area contributed by atoms with E-state index in [0.717, 1.165) is 25.7 Å². The third-order valence-electron chi connectivity index (χ3n) is 2.65. The molecule has 0 aromatic carbocycles. The molecule has 0 spiro atoms. The van der Waals surface area contributed by atoms with Crippen molar-refractivity contribution in [3.8, 4) is 12.3 Å². The summed E-state index contributed by atoms with van der Waals surface area (Å²) in [7, 11) is 0. The predicted octanol–water partition coefficient (Wildman–Crippen LogP) is 1.58. The molecule has 74 valence electrons. The maximum Gasteiger partial charge on any atom is 0.0579 e. The molecule has 0 aromatic heterocycles. The van der Waals surface area contributed by atoms with Crippen molar-refractivity contribution in [2.45, 2.75) is 38.2 Å². The van der Waals surface area contributed by atoms with Gasteiger partial charge in [-0.3, -0.25) is 0 Å². The van der Waals surface area contributed by atoms with Gasteiger partial charge in [0.1, 0.15) is 0 Å². The van der Waals surface area contributed by atoms with E-state index in [1.54, 1.807) is 0 Å². The second kappa shape index (κ2) is 6.01. The third kappa shape index (κ3) is 3.80. The average Bonchev–Trinajstić information content (AvgIpc) is 2.19. The van der Waals surface area contributed by atoms with E-state index < -0.39 is 0 Å². The molecule has 2 heteroatoms. The van der Waals surface area contributed by atoms with Gasteiger partial charge in [-0.2, -0.15) is 0 Å². The molecule has 1 aliphatic rings. The van der Waals surface area contributed by atoms with E-state index in [2.05, 4.69) is 5.92 Å². The first-order valence-corrected chi connectivity index (χ1v) is 5.02. The van der Waals surface area contributed by atoms with Crippen LogP contribution in [0.15, 0.2) is 0 Å². The Labute approximate surface area is 80.3 Å². The van der Waals surface area contributed by atoms with E-state index in [0.29, 0.717) is 31.7 Å². The SMILES string of the molecule is C#CCCOC1CCC(CO)CC1. The molecule has 0 saturated heterocycles. The summed E-state index contributed by atoms with van der Waals surface area (Å²) in [5, 5.41) is 8.92. The van der Waals surface area contributed by atoms with Crippen LogP contribution in [0.2, 0.25) is 0 Å². The quantitative estimate of drug-likeness (QED) is 0.528. The lowest BCUT2D eigenvalue weighted by Crippen LogP contribution is -2.23. The molecule has 0 aromatic rings. The summed E-state index contributed by atoms with van der Waals surface area (Å²) in [5.41, 5.74) is 0. The zero-order valence-electron chi connectivity index (χ0n) is 8.04. The van der Waals surface area contributed by atoms with Gasteiger partial charge in [-0.25, -0.2) is 0 Å². The lowest BCUT2D eigenvalue weighted by atomic mass is 9.88. The van der Waals surface area contributed by atoms with Gasteiger partial charge in [0.25, 0.3) is 0 Å². The van der Waals surface area contributed by atoms with Crippen LogP contribution in [0.4, 0.5) is 0 Å². The van der Waals surface area contributed by atoms with Gasteiger partial charge < -0.3 is 9.84 Å². The van der Waals surface area contributed by atoms with Crippen molar-refractivity contribution in [1.29, 1.82) is 0 Å². The summed E-state index contributed by atoms with van der Waals surface area (Å²) in [4.78, 5) is 0. The lowest BCUT2D eigenvalue weighted by molar-refractivity contribution is 0.0143. The molecule has 2 nitrogen and oxygen atoms in total. The fraction of sp³-hybridized carbons (Fsp3) is 0.818. The Hall–Kier alpha value is -0.520. The number of terminal acetylenes is 1. The van der Waals surface area contributed by atoms with Crippen LogP contribution in [0, 0.1) is 18.3 Å². The minimum atomic E-state index is 0.330. The Morgan fingerprint density at radius 2 is 2.00 bits per heavy atom. The minimum absolute atomic E-state index is 0.330. The summed E-state index contributed by atoms with van der Waals surface area (Å²) >= 11 is 0. The van der Waals surface area contributed by atoms with Crippen molar-refractivity contribution in [1.82, 2.24) is 0 Å². The third-order valence-corrected chi connectivity index (χ3v) is 2.65. The van der Waals surface area contributed by atoms with Crippen LogP contribution in [-0.4, -0.2) is 24.4 Å². The van der Waals surface area contributed by atoms with Crippen molar-refractivity contribution in [2.75, 3.05) is 13.2 Å². The van der Waals surface area contributed by atoms with Gasteiger partial charge in [0.2, 0.25) is 0 Å². The van der Waals surface area contributed by atoms with Crippen LogP contribution in [0.3, 0.4) is 0 Å². The molecule has 0 amide bonds. The molecule has 1 saturated carbocycles. The Morgan fingerprint density at radius 3 is 2.54 bits per heavy atom. The molecular weight excluding hydrogens is 164 g/mol. The van der Waals surface area contributed by atoms with Crippen molar-refractivity contribution >= 4 is 0 Å². The highest BCUT2D eigenvalue weighted by Crippen LogP contribution is 2.25. The van der Waals surface area contributed by atoms with Crippen molar-refractivity contribution < 1.29 is 9.84 Å². The zero-order chi connectivity index (χ0) is 9.52. The van der Waals surface area contributed by atoms with Gasteiger partial charge in [-0.15, -0.1) is 12.3 Å². The Morgan fingerprint density at radius 1 is 1.31 bits per heavy atom. The largest absolute Gasteiger partial charge is 0.396 e. The van der Waals surface area contributed by atoms with Crippen molar-refractivity contribution in [2.24, 2.45) is 5.92 Å². The van der Waals surface area contributed by atoms with Crippen LogP contribution in [-0.2, 0) is 4.74 Å². The molecule has 13 heavy (non-hydrogen) atoms. The number of aliphatic hydroxyl groups excluding tert-OH is 1. The molecule has 1 fully saturated rings. The fourth-order valence-electron chi connectivity index (χ4n) is 1.77. The molecule has 0 atom stereocenters. The van der Waals surface area contributed by atoms with E-state index in [1.807, 2.05) is 0 Å². The smallest absolute Gasteiger partial charge is 0.0579 e. The van der Waals surface area contributed by atoms with E-state index in [9.17, 15) is 0 Å². The first-order chi connectivity index (χ1) is 6.36. The Kier molecular flexibility index (Phi) is 4.88. The van der Waals surface area contributed by atoms with Crippen molar-refractivity contribution in [3.63, 3.8) is 0 Å². The molecule has 0 bridgehead atoms. The predicted molar refractivity (Wildman–Crippen MR) is 52.2 cm³/mol. The van der Waals surface area contributed by atoms with Gasteiger partial charge in [0, 0.05) is 13.0 Å². The monoisotopic (exact) mass is 182 g/mol. The van der Waals surface area contributed by atoms with Crippen LogP contribution in [0.5, 0.6) is 0 Å². The summed E-state index contributed by atoms with van der Waals surface area (Å²) < 4.78 is 5.59. The fourth-order valence-corrected chi connectivity index (χ4v) is 1.77. The lowest BCUT2D eigenvalue weighted by Gasteiger charge is -2.27. The number of hydrogen-bond acceptors (Lipinski definition) is 2.